The van der Waals surface area contributed by atoms with Gasteiger partial charge in [-0.25, -0.2) is 14.6 Å². The van der Waals surface area contributed by atoms with E-state index in [0.29, 0.717) is 19.6 Å². The molecule has 8 heteroatoms. The van der Waals surface area contributed by atoms with Gasteiger partial charge in [0.25, 0.3) is 0 Å². The monoisotopic (exact) mass is 399 g/mol. The van der Waals surface area contributed by atoms with Gasteiger partial charge in [0.05, 0.1) is 12.2 Å². The Labute approximate surface area is 164 Å². The standard InChI is InChI=1S/C18H29N3O3S2/c1-12(2)15(16(22)24-18(3,4)5)21-8-7-20(17(21)23)9-13-10-26-14(19-13)11-25-6/h10,12,15H,7-9,11H2,1-6H3/t15-/m0/s1. The van der Waals surface area contributed by atoms with Crippen molar-refractivity contribution in [1.82, 2.24) is 14.8 Å². The smallest absolute Gasteiger partial charge is 0.329 e. The molecule has 2 heterocycles. The molecule has 1 saturated heterocycles. The van der Waals surface area contributed by atoms with Crippen molar-refractivity contribution in [3.05, 3.63) is 16.1 Å². The molecule has 0 N–H and O–H groups in total. The number of amides is 2. The first-order chi connectivity index (χ1) is 12.1. The molecule has 1 aliphatic heterocycles. The van der Waals surface area contributed by atoms with Gasteiger partial charge in [0.1, 0.15) is 16.7 Å². The molecular weight excluding hydrogens is 370 g/mol. The molecule has 1 aliphatic rings. The largest absolute Gasteiger partial charge is 0.458 e. The maximum Gasteiger partial charge on any atom is 0.329 e. The number of carbonyl (C=O) groups excluding carboxylic acids is 2. The van der Waals surface area contributed by atoms with Crippen molar-refractivity contribution in [3.8, 4) is 0 Å². The second kappa shape index (κ2) is 8.61. The van der Waals surface area contributed by atoms with Crippen molar-refractivity contribution in [3.63, 3.8) is 0 Å². The molecule has 6 nitrogen and oxygen atoms in total. The molecule has 0 bridgehead atoms. The van der Waals surface area contributed by atoms with Gasteiger partial charge in [-0.05, 0) is 32.9 Å². The van der Waals surface area contributed by atoms with Crippen molar-refractivity contribution < 1.29 is 14.3 Å². The van der Waals surface area contributed by atoms with E-state index in [4.69, 9.17) is 4.74 Å². The van der Waals surface area contributed by atoms with Crippen LogP contribution in [0.5, 0.6) is 0 Å². The van der Waals surface area contributed by atoms with Gasteiger partial charge >= 0.3 is 12.0 Å². The molecule has 2 amide bonds. The van der Waals surface area contributed by atoms with E-state index in [1.54, 1.807) is 32.9 Å². The van der Waals surface area contributed by atoms with Gasteiger partial charge in [-0.15, -0.1) is 11.3 Å². The summed E-state index contributed by atoms with van der Waals surface area (Å²) in [6.45, 7) is 11.0. The van der Waals surface area contributed by atoms with E-state index in [9.17, 15) is 9.59 Å². The molecule has 146 valence electrons. The van der Waals surface area contributed by atoms with Crippen LogP contribution in [0.3, 0.4) is 0 Å². The minimum atomic E-state index is -0.568. The van der Waals surface area contributed by atoms with Crippen LogP contribution in [-0.4, -0.2) is 57.8 Å². The Morgan fingerprint density at radius 2 is 2.08 bits per heavy atom. The van der Waals surface area contributed by atoms with Crippen LogP contribution in [-0.2, 0) is 21.8 Å². The van der Waals surface area contributed by atoms with Crippen molar-refractivity contribution in [1.29, 1.82) is 0 Å². The lowest BCUT2D eigenvalue weighted by Crippen LogP contribution is -2.49. The van der Waals surface area contributed by atoms with Gasteiger partial charge in [0, 0.05) is 24.2 Å². The zero-order chi connectivity index (χ0) is 19.5. The van der Waals surface area contributed by atoms with Crippen molar-refractivity contribution >= 4 is 35.1 Å². The lowest BCUT2D eigenvalue weighted by Gasteiger charge is -2.31. The van der Waals surface area contributed by atoms with Gasteiger partial charge in [0.15, 0.2) is 0 Å². The second-order valence-corrected chi connectivity index (χ2v) is 9.59. The van der Waals surface area contributed by atoms with Gasteiger partial charge in [-0.1, -0.05) is 13.8 Å². The number of aromatic nitrogens is 1. The second-order valence-electron chi connectivity index (χ2n) is 7.79. The fourth-order valence-electron chi connectivity index (χ4n) is 2.93. The number of thiazole rings is 1. The summed E-state index contributed by atoms with van der Waals surface area (Å²) in [7, 11) is 0. The first-order valence-corrected chi connectivity index (χ1v) is 11.1. The van der Waals surface area contributed by atoms with Gasteiger partial charge in [-0.2, -0.15) is 11.8 Å². The fraction of sp³-hybridized carbons (Fsp3) is 0.722. The molecule has 1 fully saturated rings. The number of rotatable bonds is 7. The summed E-state index contributed by atoms with van der Waals surface area (Å²) in [6, 6.07) is -0.678. The highest BCUT2D eigenvalue weighted by Gasteiger charge is 2.40. The number of nitrogens with zero attached hydrogens (tertiary/aromatic N) is 3. The summed E-state index contributed by atoms with van der Waals surface area (Å²) in [5.41, 5.74) is 0.341. The van der Waals surface area contributed by atoms with E-state index in [1.165, 1.54) is 0 Å². The molecule has 0 aromatic carbocycles. The highest BCUT2D eigenvalue weighted by molar-refractivity contribution is 7.97. The molecule has 0 radical (unpaired) electrons. The van der Waals surface area contributed by atoms with Crippen LogP contribution < -0.4 is 0 Å². The number of esters is 1. The Bertz CT molecular complexity index is 640. The third-order valence-electron chi connectivity index (χ3n) is 3.96. The average molecular weight is 400 g/mol. The molecule has 0 spiro atoms. The Balaban J connectivity index is 2.06. The molecule has 1 aromatic rings. The summed E-state index contributed by atoms with van der Waals surface area (Å²) in [5, 5.41) is 3.08. The van der Waals surface area contributed by atoms with Crippen LogP contribution in [0.1, 0.15) is 45.3 Å². The fourth-order valence-corrected chi connectivity index (χ4v) is 4.44. The van der Waals surface area contributed by atoms with Crippen LogP contribution in [0.25, 0.3) is 0 Å². The third-order valence-corrected chi connectivity index (χ3v) is 5.61. The summed E-state index contributed by atoms with van der Waals surface area (Å²) in [5.74, 6) is 0.540. The number of carbonyl (C=O) groups is 2. The first-order valence-electron chi connectivity index (χ1n) is 8.83. The SMILES string of the molecule is CSCc1nc(CN2CCN([C@H](C(=O)OC(C)(C)C)C(C)C)C2=O)cs1. The molecule has 2 rings (SSSR count). The number of hydrogen-bond donors (Lipinski definition) is 0. The van der Waals surface area contributed by atoms with Crippen molar-refractivity contribution in [2.24, 2.45) is 5.92 Å². The topological polar surface area (TPSA) is 62.7 Å². The van der Waals surface area contributed by atoms with Crippen LogP contribution in [0.4, 0.5) is 4.79 Å². The van der Waals surface area contributed by atoms with E-state index < -0.39 is 11.6 Å². The van der Waals surface area contributed by atoms with E-state index in [-0.39, 0.29) is 17.9 Å². The summed E-state index contributed by atoms with van der Waals surface area (Å²) in [4.78, 5) is 33.5. The van der Waals surface area contributed by atoms with Crippen LogP contribution in [0, 0.1) is 5.92 Å². The summed E-state index contributed by atoms with van der Waals surface area (Å²) >= 11 is 3.36. The Hall–Kier alpha value is -1.28. The number of hydrogen-bond acceptors (Lipinski definition) is 6. The van der Waals surface area contributed by atoms with Crippen molar-refractivity contribution in [2.45, 2.75) is 58.6 Å². The van der Waals surface area contributed by atoms with E-state index in [2.05, 4.69) is 4.98 Å². The Kier molecular flexibility index (Phi) is 6.96. The predicted octanol–water partition coefficient (Wildman–Crippen LogP) is 3.61. The minimum Gasteiger partial charge on any atom is -0.458 e. The maximum atomic E-state index is 12.9. The van der Waals surface area contributed by atoms with Crippen LogP contribution in [0.2, 0.25) is 0 Å². The number of ether oxygens (including phenoxy) is 1. The molecule has 1 aromatic heterocycles. The van der Waals surface area contributed by atoms with Gasteiger partial charge < -0.3 is 14.5 Å². The van der Waals surface area contributed by atoms with Crippen LogP contribution in [0.15, 0.2) is 5.38 Å². The van der Waals surface area contributed by atoms with Crippen LogP contribution >= 0.6 is 23.1 Å². The lowest BCUT2D eigenvalue weighted by atomic mass is 10.0. The average Bonchev–Trinajstić information content (AvgIpc) is 3.07. The van der Waals surface area contributed by atoms with Crippen molar-refractivity contribution in [2.75, 3.05) is 19.3 Å². The molecular formula is C18H29N3O3S2. The lowest BCUT2D eigenvalue weighted by molar-refractivity contribution is -0.161. The minimum absolute atomic E-state index is 0.0128. The first kappa shape index (κ1) is 21.0. The maximum absolute atomic E-state index is 12.9. The van der Waals surface area contributed by atoms with E-state index >= 15 is 0 Å². The predicted molar refractivity (Wildman–Crippen MR) is 106 cm³/mol. The summed E-state index contributed by atoms with van der Waals surface area (Å²) in [6.07, 6.45) is 2.05. The number of thioether (sulfide) groups is 1. The number of urea groups is 1. The highest BCUT2D eigenvalue weighted by atomic mass is 32.2. The zero-order valence-corrected chi connectivity index (χ0v) is 18.1. The van der Waals surface area contributed by atoms with E-state index in [1.807, 2.05) is 46.3 Å². The quantitative estimate of drug-likeness (QED) is 0.656. The Morgan fingerprint density at radius 1 is 1.38 bits per heavy atom. The van der Waals surface area contributed by atoms with Gasteiger partial charge in [-0.3, -0.25) is 0 Å². The summed E-state index contributed by atoms with van der Waals surface area (Å²) < 4.78 is 5.54. The molecule has 26 heavy (non-hydrogen) atoms. The molecule has 0 saturated carbocycles. The third kappa shape index (κ3) is 5.36. The van der Waals surface area contributed by atoms with E-state index in [0.717, 1.165) is 16.5 Å². The zero-order valence-electron chi connectivity index (χ0n) is 16.4. The van der Waals surface area contributed by atoms with Gasteiger partial charge in [0.2, 0.25) is 0 Å². The molecule has 1 atom stereocenters. The molecule has 0 unspecified atom stereocenters. The Morgan fingerprint density at radius 3 is 2.65 bits per heavy atom. The molecule has 0 aliphatic carbocycles. The normalized spacial score (nSPS) is 16.5. The highest BCUT2D eigenvalue weighted by Crippen LogP contribution is 2.24.